The summed E-state index contributed by atoms with van der Waals surface area (Å²) in [5, 5.41) is 8.58. The Hall–Kier alpha value is -1.27. The lowest BCUT2D eigenvalue weighted by Gasteiger charge is -2.19. The summed E-state index contributed by atoms with van der Waals surface area (Å²) in [4.78, 5) is 0. The van der Waals surface area contributed by atoms with Crippen molar-refractivity contribution in [2.24, 2.45) is 0 Å². The van der Waals surface area contributed by atoms with Gasteiger partial charge in [-0.15, -0.1) is 0 Å². The van der Waals surface area contributed by atoms with E-state index in [0.29, 0.717) is 11.7 Å². The molecule has 1 fully saturated rings. The van der Waals surface area contributed by atoms with Crippen molar-refractivity contribution in [2.45, 2.75) is 18.8 Å². The first-order valence-electron chi connectivity index (χ1n) is 4.48. The standard InChI is InChI=1S/C10H11NO2/c11-7-9-1-2-10(13-9)8-3-5-12-6-4-8/h1-2,8H,3-6H2. The molecule has 1 aliphatic heterocycles. The Morgan fingerprint density at radius 1 is 1.31 bits per heavy atom. The van der Waals surface area contributed by atoms with E-state index >= 15 is 0 Å². The van der Waals surface area contributed by atoms with Gasteiger partial charge < -0.3 is 9.15 Å². The van der Waals surface area contributed by atoms with Crippen molar-refractivity contribution in [2.75, 3.05) is 13.2 Å². The molecule has 0 saturated carbocycles. The molecule has 0 amide bonds. The average molecular weight is 177 g/mol. The average Bonchev–Trinajstić information content (AvgIpc) is 2.67. The van der Waals surface area contributed by atoms with Gasteiger partial charge in [0.1, 0.15) is 11.8 Å². The number of nitriles is 1. The summed E-state index contributed by atoms with van der Waals surface area (Å²) in [5.41, 5.74) is 0. The number of furan rings is 1. The Morgan fingerprint density at radius 2 is 2.08 bits per heavy atom. The van der Waals surface area contributed by atoms with Crippen LogP contribution in [0.1, 0.15) is 30.3 Å². The maximum absolute atomic E-state index is 8.58. The molecule has 0 bridgehead atoms. The molecule has 2 rings (SSSR count). The SMILES string of the molecule is N#Cc1ccc(C2CCOCC2)o1. The van der Waals surface area contributed by atoms with E-state index in [2.05, 4.69) is 0 Å². The van der Waals surface area contributed by atoms with E-state index in [1.807, 2.05) is 12.1 Å². The molecular weight excluding hydrogens is 166 g/mol. The van der Waals surface area contributed by atoms with E-state index in [-0.39, 0.29) is 0 Å². The molecule has 2 heterocycles. The fourth-order valence-electron chi connectivity index (χ4n) is 1.61. The van der Waals surface area contributed by atoms with Crippen LogP contribution in [-0.2, 0) is 4.74 Å². The first-order chi connectivity index (χ1) is 6.40. The number of rotatable bonds is 1. The van der Waals surface area contributed by atoms with E-state index in [1.54, 1.807) is 6.07 Å². The third-order valence-electron chi connectivity index (χ3n) is 2.36. The van der Waals surface area contributed by atoms with Crippen LogP contribution in [0.2, 0.25) is 0 Å². The molecule has 1 saturated heterocycles. The minimum absolute atomic E-state index is 0.404. The smallest absolute Gasteiger partial charge is 0.203 e. The predicted octanol–water partition coefficient (Wildman–Crippen LogP) is 2.05. The normalized spacial score (nSPS) is 18.4. The zero-order valence-corrected chi connectivity index (χ0v) is 7.32. The predicted molar refractivity (Wildman–Crippen MR) is 46.2 cm³/mol. The van der Waals surface area contributed by atoms with Crippen LogP contribution in [0.4, 0.5) is 0 Å². The third-order valence-corrected chi connectivity index (χ3v) is 2.36. The van der Waals surface area contributed by atoms with Crippen molar-refractivity contribution in [3.63, 3.8) is 0 Å². The van der Waals surface area contributed by atoms with Gasteiger partial charge in [-0.1, -0.05) is 0 Å². The second-order valence-electron chi connectivity index (χ2n) is 3.20. The highest BCUT2D eigenvalue weighted by atomic mass is 16.5. The first-order valence-corrected chi connectivity index (χ1v) is 4.48. The Labute approximate surface area is 76.9 Å². The van der Waals surface area contributed by atoms with Crippen LogP contribution in [0.3, 0.4) is 0 Å². The van der Waals surface area contributed by atoms with Gasteiger partial charge in [-0.25, -0.2) is 0 Å². The topological polar surface area (TPSA) is 46.2 Å². The molecule has 3 nitrogen and oxygen atoms in total. The molecule has 13 heavy (non-hydrogen) atoms. The molecule has 1 aromatic heterocycles. The number of hydrogen-bond acceptors (Lipinski definition) is 3. The Kier molecular flexibility index (Phi) is 2.33. The Bertz CT molecular complexity index is 318. The molecule has 1 aliphatic rings. The summed E-state index contributed by atoms with van der Waals surface area (Å²) in [5.74, 6) is 1.78. The Morgan fingerprint density at radius 3 is 2.69 bits per heavy atom. The van der Waals surface area contributed by atoms with Gasteiger partial charge in [-0.05, 0) is 25.0 Å². The minimum atomic E-state index is 0.404. The highest BCUT2D eigenvalue weighted by Gasteiger charge is 2.18. The number of hydrogen-bond donors (Lipinski definition) is 0. The molecule has 0 aliphatic carbocycles. The van der Waals surface area contributed by atoms with Crippen LogP contribution in [0.15, 0.2) is 16.5 Å². The van der Waals surface area contributed by atoms with E-state index in [9.17, 15) is 0 Å². The van der Waals surface area contributed by atoms with Crippen LogP contribution >= 0.6 is 0 Å². The van der Waals surface area contributed by atoms with Gasteiger partial charge in [0, 0.05) is 19.1 Å². The fourth-order valence-corrected chi connectivity index (χ4v) is 1.61. The van der Waals surface area contributed by atoms with Crippen LogP contribution in [0.25, 0.3) is 0 Å². The van der Waals surface area contributed by atoms with Gasteiger partial charge >= 0.3 is 0 Å². The number of ether oxygens (including phenoxy) is 1. The molecule has 3 heteroatoms. The molecule has 0 spiro atoms. The fraction of sp³-hybridized carbons (Fsp3) is 0.500. The van der Waals surface area contributed by atoms with Gasteiger partial charge in [0.15, 0.2) is 0 Å². The van der Waals surface area contributed by atoms with Crippen molar-refractivity contribution < 1.29 is 9.15 Å². The lowest BCUT2D eigenvalue weighted by atomic mass is 9.98. The maximum atomic E-state index is 8.58. The molecule has 0 N–H and O–H groups in total. The van der Waals surface area contributed by atoms with E-state index in [1.165, 1.54) is 0 Å². The second-order valence-corrected chi connectivity index (χ2v) is 3.20. The molecule has 0 radical (unpaired) electrons. The monoisotopic (exact) mass is 177 g/mol. The third kappa shape index (κ3) is 1.73. The van der Waals surface area contributed by atoms with Gasteiger partial charge in [0.05, 0.1) is 0 Å². The molecular formula is C10H11NO2. The van der Waals surface area contributed by atoms with Gasteiger partial charge in [0.2, 0.25) is 5.76 Å². The highest BCUT2D eigenvalue weighted by Crippen LogP contribution is 2.27. The van der Waals surface area contributed by atoms with E-state index in [0.717, 1.165) is 31.8 Å². The van der Waals surface area contributed by atoms with Crippen molar-refractivity contribution >= 4 is 0 Å². The van der Waals surface area contributed by atoms with Crippen molar-refractivity contribution in [1.29, 1.82) is 5.26 Å². The molecule has 1 aromatic rings. The largest absolute Gasteiger partial charge is 0.450 e. The zero-order valence-electron chi connectivity index (χ0n) is 7.32. The maximum Gasteiger partial charge on any atom is 0.203 e. The van der Waals surface area contributed by atoms with Crippen molar-refractivity contribution in [1.82, 2.24) is 0 Å². The van der Waals surface area contributed by atoms with Gasteiger partial charge in [-0.3, -0.25) is 0 Å². The minimum Gasteiger partial charge on any atom is -0.450 e. The van der Waals surface area contributed by atoms with Crippen LogP contribution in [0, 0.1) is 11.3 Å². The molecule has 0 atom stereocenters. The first kappa shape index (κ1) is 8.33. The van der Waals surface area contributed by atoms with Crippen LogP contribution in [0.5, 0.6) is 0 Å². The lowest BCUT2D eigenvalue weighted by molar-refractivity contribution is 0.0806. The number of nitrogens with zero attached hydrogens (tertiary/aromatic N) is 1. The molecule has 0 aromatic carbocycles. The van der Waals surface area contributed by atoms with Gasteiger partial charge in [0.25, 0.3) is 0 Å². The van der Waals surface area contributed by atoms with Crippen molar-refractivity contribution in [3.05, 3.63) is 23.7 Å². The summed E-state index contributed by atoms with van der Waals surface area (Å²) >= 11 is 0. The van der Waals surface area contributed by atoms with Crippen LogP contribution in [-0.4, -0.2) is 13.2 Å². The molecule has 0 unspecified atom stereocenters. The van der Waals surface area contributed by atoms with E-state index in [4.69, 9.17) is 14.4 Å². The second kappa shape index (κ2) is 3.63. The zero-order chi connectivity index (χ0) is 9.10. The summed E-state index contributed by atoms with van der Waals surface area (Å²) in [7, 11) is 0. The van der Waals surface area contributed by atoms with E-state index < -0.39 is 0 Å². The van der Waals surface area contributed by atoms with Gasteiger partial charge in [-0.2, -0.15) is 5.26 Å². The van der Waals surface area contributed by atoms with Crippen LogP contribution < -0.4 is 0 Å². The lowest BCUT2D eigenvalue weighted by Crippen LogP contribution is -2.13. The summed E-state index contributed by atoms with van der Waals surface area (Å²) in [6.07, 6.45) is 2.00. The Balaban J connectivity index is 2.11. The van der Waals surface area contributed by atoms with Crippen molar-refractivity contribution in [3.8, 4) is 6.07 Å². The summed E-state index contributed by atoms with van der Waals surface area (Å²) < 4.78 is 10.6. The highest BCUT2D eigenvalue weighted by molar-refractivity contribution is 5.21. The molecule has 68 valence electrons. The quantitative estimate of drug-likeness (QED) is 0.659. The summed E-state index contributed by atoms with van der Waals surface area (Å²) in [6, 6.07) is 5.61. The summed E-state index contributed by atoms with van der Waals surface area (Å²) in [6.45, 7) is 1.60.